The number of nitrogens with one attached hydrogen (secondary N) is 1. The van der Waals surface area contributed by atoms with Gasteiger partial charge < -0.3 is 0 Å². The van der Waals surface area contributed by atoms with Crippen molar-refractivity contribution in [3.05, 3.63) is 0 Å². The molecule has 0 bridgehead atoms. The minimum Gasteiger partial charge on any atom is -0.297 e. The Kier molecular flexibility index (Phi) is 2.09. The van der Waals surface area contributed by atoms with E-state index in [9.17, 15) is 9.59 Å². The van der Waals surface area contributed by atoms with Crippen LogP contribution in [0.2, 0.25) is 12.6 Å². The van der Waals surface area contributed by atoms with Crippen LogP contribution >= 0.6 is 0 Å². The maximum atomic E-state index is 10.9. The smallest absolute Gasteiger partial charge is 0.226 e. The Balaban J connectivity index is 2.51. The lowest BCUT2D eigenvalue weighted by molar-refractivity contribution is -0.132. The Bertz CT molecular complexity index is 169. The molecule has 1 aliphatic heterocycles. The average Bonchev–Trinajstić information content (AvgIpc) is 1.88. The van der Waals surface area contributed by atoms with Gasteiger partial charge in [0.15, 0.2) is 0 Å². The summed E-state index contributed by atoms with van der Waals surface area (Å²) >= 11 is 0. The van der Waals surface area contributed by atoms with E-state index in [4.69, 9.17) is 0 Å². The highest BCUT2D eigenvalue weighted by atomic mass is 16.2. The van der Waals surface area contributed by atoms with Crippen molar-refractivity contribution < 1.29 is 9.59 Å². The molecule has 10 heavy (non-hydrogen) atoms. The number of piperidine rings is 1. The first-order valence-corrected chi connectivity index (χ1v) is 3.37. The van der Waals surface area contributed by atoms with Crippen molar-refractivity contribution in [3.8, 4) is 0 Å². The molecule has 1 aliphatic rings. The molecule has 4 heteroatoms. The predicted molar refractivity (Wildman–Crippen MR) is 37.8 cm³/mol. The van der Waals surface area contributed by atoms with Crippen molar-refractivity contribution >= 4 is 19.1 Å². The van der Waals surface area contributed by atoms with Gasteiger partial charge in [-0.05, 0) is 6.42 Å². The molecule has 0 saturated carbocycles. The van der Waals surface area contributed by atoms with Crippen molar-refractivity contribution in [1.29, 1.82) is 0 Å². The Morgan fingerprint density at radius 1 is 1.60 bits per heavy atom. The summed E-state index contributed by atoms with van der Waals surface area (Å²) in [7, 11) is 1.82. The van der Waals surface area contributed by atoms with Gasteiger partial charge in [-0.3, -0.25) is 14.9 Å². The van der Waals surface area contributed by atoms with Crippen LogP contribution in [0.5, 0.6) is 0 Å². The van der Waals surface area contributed by atoms with Gasteiger partial charge in [-0.1, -0.05) is 6.82 Å². The Morgan fingerprint density at radius 3 is 2.80 bits per heavy atom. The lowest BCUT2D eigenvalue weighted by atomic mass is 9.63. The van der Waals surface area contributed by atoms with Crippen molar-refractivity contribution in [1.82, 2.24) is 5.32 Å². The largest absolute Gasteiger partial charge is 0.297 e. The highest BCUT2D eigenvalue weighted by Crippen LogP contribution is 2.15. The maximum Gasteiger partial charge on any atom is 0.226 e. The van der Waals surface area contributed by atoms with Crippen LogP contribution in [0.1, 0.15) is 12.8 Å². The van der Waals surface area contributed by atoms with E-state index in [2.05, 4.69) is 5.32 Å². The lowest BCUT2D eigenvalue weighted by Crippen LogP contribution is -2.39. The average molecular weight is 138 g/mol. The van der Waals surface area contributed by atoms with E-state index in [1.807, 2.05) is 14.1 Å². The van der Waals surface area contributed by atoms with Crippen LogP contribution in [0, 0.1) is 0 Å². The summed E-state index contributed by atoms with van der Waals surface area (Å²) < 4.78 is 0. The number of rotatable bonds is 1. The van der Waals surface area contributed by atoms with Gasteiger partial charge >= 0.3 is 0 Å². The number of amides is 2. The van der Waals surface area contributed by atoms with Gasteiger partial charge in [0.25, 0.3) is 0 Å². The quantitative estimate of drug-likeness (QED) is 0.408. The third-order valence-electron chi connectivity index (χ3n) is 1.68. The summed E-state index contributed by atoms with van der Waals surface area (Å²) in [5, 5.41) is 2.27. The van der Waals surface area contributed by atoms with Gasteiger partial charge in [-0.15, -0.1) is 0 Å². The Labute approximate surface area is 60.4 Å². The zero-order chi connectivity index (χ0) is 7.56. The first-order valence-electron chi connectivity index (χ1n) is 3.37. The first kappa shape index (κ1) is 7.31. The van der Waals surface area contributed by atoms with Crippen LogP contribution in [0.25, 0.3) is 0 Å². The van der Waals surface area contributed by atoms with Gasteiger partial charge in [0.05, 0.1) is 0 Å². The van der Waals surface area contributed by atoms with Gasteiger partial charge in [-0.2, -0.15) is 0 Å². The maximum absolute atomic E-state index is 10.9. The summed E-state index contributed by atoms with van der Waals surface area (Å²) in [6, 6.07) is 0. The molecule has 1 saturated heterocycles. The number of imide groups is 1. The molecule has 1 N–H and O–H groups in total. The van der Waals surface area contributed by atoms with Gasteiger partial charge in [0.1, 0.15) is 7.28 Å². The molecule has 1 fully saturated rings. The molecule has 3 nitrogen and oxygen atoms in total. The molecule has 0 aliphatic carbocycles. The molecular weight excluding hydrogens is 129 g/mol. The van der Waals surface area contributed by atoms with E-state index in [-0.39, 0.29) is 17.6 Å². The third-order valence-corrected chi connectivity index (χ3v) is 1.68. The fourth-order valence-corrected chi connectivity index (χ4v) is 1.03. The van der Waals surface area contributed by atoms with Crippen LogP contribution in [-0.2, 0) is 9.59 Å². The predicted octanol–water partition coefficient (Wildman–Crippen LogP) is -0.0362. The van der Waals surface area contributed by atoms with E-state index in [1.54, 1.807) is 0 Å². The molecule has 1 rings (SSSR count). The van der Waals surface area contributed by atoms with Crippen LogP contribution in [0.4, 0.5) is 0 Å². The van der Waals surface area contributed by atoms with Gasteiger partial charge in [-0.25, -0.2) is 0 Å². The fourth-order valence-electron chi connectivity index (χ4n) is 1.03. The molecule has 2 amide bonds. The fraction of sp³-hybridized carbons (Fsp3) is 0.667. The Morgan fingerprint density at radius 2 is 2.30 bits per heavy atom. The number of carbonyl (C=O) groups is 2. The van der Waals surface area contributed by atoms with E-state index in [0.717, 1.165) is 0 Å². The van der Waals surface area contributed by atoms with Crippen molar-refractivity contribution in [2.75, 3.05) is 0 Å². The van der Waals surface area contributed by atoms with E-state index in [0.29, 0.717) is 12.8 Å². The van der Waals surface area contributed by atoms with Crippen molar-refractivity contribution in [2.45, 2.75) is 25.5 Å². The van der Waals surface area contributed by atoms with E-state index < -0.39 is 0 Å². The molecule has 1 radical (unpaired) electrons. The van der Waals surface area contributed by atoms with Crippen molar-refractivity contribution in [2.24, 2.45) is 0 Å². The molecule has 1 unspecified atom stereocenters. The summed E-state index contributed by atoms with van der Waals surface area (Å²) in [4.78, 5) is 21.5. The minimum atomic E-state index is -0.154. The third kappa shape index (κ3) is 1.37. The molecule has 0 aromatic heterocycles. The van der Waals surface area contributed by atoms with Crippen LogP contribution in [0.3, 0.4) is 0 Å². The molecule has 0 aromatic rings. The number of hydrogen-bond acceptors (Lipinski definition) is 2. The zero-order valence-electron chi connectivity index (χ0n) is 5.89. The second-order valence-electron chi connectivity index (χ2n) is 2.39. The highest BCUT2D eigenvalue weighted by Gasteiger charge is 2.24. The van der Waals surface area contributed by atoms with Gasteiger partial charge in [0.2, 0.25) is 11.8 Å². The summed E-state index contributed by atoms with van der Waals surface area (Å²) in [6.45, 7) is 1.83. The molecule has 0 spiro atoms. The van der Waals surface area contributed by atoms with Crippen molar-refractivity contribution in [3.63, 3.8) is 0 Å². The summed E-state index contributed by atoms with van der Waals surface area (Å²) in [5.74, 6) is -0.362. The summed E-state index contributed by atoms with van der Waals surface area (Å²) in [5.41, 5.74) is 0. The van der Waals surface area contributed by atoms with E-state index in [1.165, 1.54) is 0 Å². The molecule has 1 heterocycles. The monoisotopic (exact) mass is 138 g/mol. The highest BCUT2D eigenvalue weighted by molar-refractivity contribution is 6.43. The number of carbonyl (C=O) groups excluding carboxylic acids is 2. The van der Waals surface area contributed by atoms with Gasteiger partial charge in [0, 0.05) is 12.2 Å². The molecule has 1 atom stereocenters. The van der Waals surface area contributed by atoms with Crippen LogP contribution in [-0.4, -0.2) is 19.1 Å². The molecule has 0 aromatic carbocycles. The summed E-state index contributed by atoms with van der Waals surface area (Å²) in [6.07, 6.45) is 1.14. The van der Waals surface area contributed by atoms with Crippen LogP contribution in [0.15, 0.2) is 0 Å². The second-order valence-corrected chi connectivity index (χ2v) is 2.39. The number of hydrogen-bond donors (Lipinski definition) is 1. The van der Waals surface area contributed by atoms with E-state index >= 15 is 0 Å². The molecular formula is C6H9BNO2. The normalized spacial score (nSPS) is 25.9. The lowest BCUT2D eigenvalue weighted by Gasteiger charge is -2.18. The standard InChI is InChI=1S/C6H9BNO2/c1-7-4-2-3-5(9)8-6(4)10/h4H,2-3H2,1H3,(H,8,9,10). The topological polar surface area (TPSA) is 46.2 Å². The SMILES string of the molecule is C[B]C1CCC(=O)NC1=O. The second kappa shape index (κ2) is 2.86. The first-order chi connectivity index (χ1) is 4.74. The zero-order valence-corrected chi connectivity index (χ0v) is 5.89. The minimum absolute atomic E-state index is 0.0577. The Hall–Kier alpha value is -0.795. The molecule has 53 valence electrons. The van der Waals surface area contributed by atoms with Crippen LogP contribution < -0.4 is 5.32 Å².